The van der Waals surface area contributed by atoms with Crippen molar-refractivity contribution in [3.63, 3.8) is 0 Å². The zero-order valence-corrected chi connectivity index (χ0v) is 14.9. The van der Waals surface area contributed by atoms with Gasteiger partial charge in [0, 0.05) is 21.8 Å². The molecule has 0 heterocycles. The maximum Gasteiger partial charge on any atom is 0.339 e. The lowest BCUT2D eigenvalue weighted by molar-refractivity contribution is -0.383. The predicted octanol–water partition coefficient (Wildman–Crippen LogP) is 3.67. The lowest BCUT2D eigenvalue weighted by Gasteiger charge is -2.14. The number of esters is 1. The summed E-state index contributed by atoms with van der Waals surface area (Å²) in [5.41, 5.74) is 5.19. The highest BCUT2D eigenvalue weighted by Crippen LogP contribution is 2.24. The first-order chi connectivity index (χ1) is 12.2. The summed E-state index contributed by atoms with van der Waals surface area (Å²) in [6, 6.07) is 7.92. The second-order valence-corrected chi connectivity index (χ2v) is 6.10. The summed E-state index contributed by atoms with van der Waals surface area (Å²) in [6.45, 7) is 1.35. The third-order valence-electron chi connectivity index (χ3n) is 3.25. The number of nitro benzene ring substituents is 1. The Balaban J connectivity index is 2.07. The first kappa shape index (κ1) is 19.5. The van der Waals surface area contributed by atoms with Crippen LogP contribution in [-0.4, -0.2) is 22.9 Å². The third-order valence-corrected chi connectivity index (χ3v) is 3.68. The van der Waals surface area contributed by atoms with E-state index in [0.29, 0.717) is 15.7 Å². The number of nitrogen functional groups attached to an aromatic ring is 1. The van der Waals surface area contributed by atoms with Crippen LogP contribution in [0, 0.1) is 10.1 Å². The zero-order valence-electron chi connectivity index (χ0n) is 13.4. The van der Waals surface area contributed by atoms with E-state index in [1.54, 1.807) is 0 Å². The Kier molecular flexibility index (Phi) is 6.01. The van der Waals surface area contributed by atoms with Gasteiger partial charge in [-0.25, -0.2) is 4.79 Å². The van der Waals surface area contributed by atoms with Crippen molar-refractivity contribution < 1.29 is 19.2 Å². The van der Waals surface area contributed by atoms with E-state index in [9.17, 15) is 19.7 Å². The molecule has 136 valence electrons. The molecule has 3 N–H and O–H groups in total. The number of nitrogens with zero attached hydrogens (tertiary/aromatic N) is 1. The quantitative estimate of drug-likeness (QED) is 0.343. The van der Waals surface area contributed by atoms with Crippen molar-refractivity contribution in [2.45, 2.75) is 13.0 Å². The Morgan fingerprint density at radius 3 is 2.38 bits per heavy atom. The Labute approximate surface area is 158 Å². The molecule has 10 heteroatoms. The smallest absolute Gasteiger partial charge is 0.339 e. The van der Waals surface area contributed by atoms with E-state index >= 15 is 0 Å². The van der Waals surface area contributed by atoms with Crippen molar-refractivity contribution in [2.75, 3.05) is 11.1 Å². The molecule has 2 rings (SSSR count). The number of nitro groups is 1. The molecule has 1 amide bonds. The van der Waals surface area contributed by atoms with Gasteiger partial charge in [-0.15, -0.1) is 0 Å². The summed E-state index contributed by atoms with van der Waals surface area (Å²) in [5.74, 6) is -1.53. The fraction of sp³-hybridized carbons (Fsp3) is 0.125. The van der Waals surface area contributed by atoms with Gasteiger partial charge in [0.2, 0.25) is 0 Å². The average molecular weight is 398 g/mol. The Bertz CT molecular complexity index is 868. The first-order valence-corrected chi connectivity index (χ1v) is 7.95. The predicted molar refractivity (Wildman–Crippen MR) is 97.5 cm³/mol. The number of benzene rings is 2. The van der Waals surface area contributed by atoms with Crippen LogP contribution in [0.5, 0.6) is 0 Å². The van der Waals surface area contributed by atoms with Gasteiger partial charge < -0.3 is 15.8 Å². The van der Waals surface area contributed by atoms with Crippen LogP contribution in [0.4, 0.5) is 17.1 Å². The zero-order chi connectivity index (χ0) is 19.4. The van der Waals surface area contributed by atoms with Gasteiger partial charge in [-0.3, -0.25) is 14.9 Å². The molecule has 26 heavy (non-hydrogen) atoms. The largest absolute Gasteiger partial charge is 0.449 e. The maximum absolute atomic E-state index is 12.1. The molecular weight excluding hydrogens is 385 g/mol. The minimum Gasteiger partial charge on any atom is -0.449 e. The Morgan fingerprint density at radius 1 is 1.19 bits per heavy atom. The van der Waals surface area contributed by atoms with Crippen molar-refractivity contribution >= 4 is 52.1 Å². The van der Waals surface area contributed by atoms with Gasteiger partial charge >= 0.3 is 5.97 Å². The van der Waals surface area contributed by atoms with Crippen LogP contribution in [0.2, 0.25) is 10.0 Å². The molecule has 0 fully saturated rings. The molecule has 8 nitrogen and oxygen atoms in total. The van der Waals surface area contributed by atoms with Gasteiger partial charge in [-0.2, -0.15) is 0 Å². The van der Waals surface area contributed by atoms with Gasteiger partial charge in [0.25, 0.3) is 11.6 Å². The molecule has 1 atom stereocenters. The van der Waals surface area contributed by atoms with Gasteiger partial charge in [-0.1, -0.05) is 23.2 Å². The summed E-state index contributed by atoms with van der Waals surface area (Å²) in [4.78, 5) is 34.4. The number of nitrogens with two attached hydrogens (primary N) is 1. The number of halogens is 2. The van der Waals surface area contributed by atoms with Crippen molar-refractivity contribution in [3.8, 4) is 0 Å². The Hall–Kier alpha value is -2.84. The van der Waals surface area contributed by atoms with Crippen molar-refractivity contribution in [1.82, 2.24) is 0 Å². The number of anilines is 2. The summed E-state index contributed by atoms with van der Waals surface area (Å²) in [5, 5.41) is 14.0. The molecule has 0 aliphatic heterocycles. The van der Waals surface area contributed by atoms with E-state index in [2.05, 4.69) is 5.32 Å². The van der Waals surface area contributed by atoms with E-state index in [-0.39, 0.29) is 11.3 Å². The van der Waals surface area contributed by atoms with E-state index in [0.717, 1.165) is 6.07 Å². The molecule has 2 aromatic carbocycles. The molecule has 0 unspecified atom stereocenters. The lowest BCUT2D eigenvalue weighted by atomic mass is 10.2. The van der Waals surface area contributed by atoms with E-state index < -0.39 is 28.6 Å². The normalized spacial score (nSPS) is 11.5. The fourth-order valence-electron chi connectivity index (χ4n) is 1.98. The van der Waals surface area contributed by atoms with Crippen LogP contribution in [0.3, 0.4) is 0 Å². The standard InChI is InChI=1S/C16H13Cl2N3O5/c1-8(15(22)20-12-6-10(17)5-11(18)7-12)26-16(23)9-2-3-13(19)14(4-9)21(24)25/h2-8H,19H2,1H3,(H,20,22)/t8-/m1/s1. The number of hydrogen-bond donors (Lipinski definition) is 2. The van der Waals surface area contributed by atoms with E-state index in [1.165, 1.54) is 37.3 Å². The Morgan fingerprint density at radius 2 is 1.81 bits per heavy atom. The van der Waals surface area contributed by atoms with Gasteiger partial charge in [0.1, 0.15) is 5.69 Å². The van der Waals surface area contributed by atoms with Crippen LogP contribution in [-0.2, 0) is 9.53 Å². The molecule has 0 saturated heterocycles. The molecule has 0 bridgehead atoms. The minimum atomic E-state index is -1.17. The molecule has 0 aliphatic carbocycles. The van der Waals surface area contributed by atoms with Gasteiger partial charge in [0.05, 0.1) is 10.5 Å². The summed E-state index contributed by atoms with van der Waals surface area (Å²) in [7, 11) is 0. The van der Waals surface area contributed by atoms with Crippen molar-refractivity contribution in [3.05, 3.63) is 62.1 Å². The second kappa shape index (κ2) is 8.03. The minimum absolute atomic E-state index is 0.0878. The van der Waals surface area contributed by atoms with Gasteiger partial charge in [-0.05, 0) is 37.3 Å². The molecule has 0 radical (unpaired) electrons. The molecule has 0 aliphatic rings. The third kappa shape index (κ3) is 4.84. The lowest BCUT2D eigenvalue weighted by Crippen LogP contribution is -2.30. The average Bonchev–Trinajstić information content (AvgIpc) is 2.53. The van der Waals surface area contributed by atoms with Crippen LogP contribution in [0.1, 0.15) is 17.3 Å². The topological polar surface area (TPSA) is 125 Å². The molecule has 0 saturated carbocycles. The number of rotatable bonds is 5. The van der Waals surface area contributed by atoms with E-state index in [1.807, 2.05) is 0 Å². The number of carbonyl (C=O) groups excluding carboxylic acids is 2. The first-order valence-electron chi connectivity index (χ1n) is 7.19. The summed E-state index contributed by atoms with van der Waals surface area (Å²) < 4.78 is 5.03. The number of nitrogens with one attached hydrogen (secondary N) is 1. The number of carbonyl (C=O) groups is 2. The van der Waals surface area contributed by atoms with Crippen LogP contribution < -0.4 is 11.1 Å². The molecule has 0 aromatic heterocycles. The number of ether oxygens (including phenoxy) is 1. The highest BCUT2D eigenvalue weighted by Gasteiger charge is 2.22. The molecule has 2 aromatic rings. The molecular formula is C16H13Cl2N3O5. The maximum atomic E-state index is 12.1. The second-order valence-electron chi connectivity index (χ2n) is 5.23. The number of amides is 1. The number of hydrogen-bond acceptors (Lipinski definition) is 6. The van der Waals surface area contributed by atoms with E-state index in [4.69, 9.17) is 33.7 Å². The van der Waals surface area contributed by atoms with Crippen LogP contribution in [0.25, 0.3) is 0 Å². The fourth-order valence-corrected chi connectivity index (χ4v) is 2.51. The van der Waals surface area contributed by atoms with Gasteiger partial charge in [0.15, 0.2) is 6.10 Å². The SMILES string of the molecule is C[C@@H](OC(=O)c1ccc(N)c([N+](=O)[O-])c1)C(=O)Nc1cc(Cl)cc(Cl)c1. The monoisotopic (exact) mass is 397 g/mol. The van der Waals surface area contributed by atoms with Crippen LogP contribution >= 0.6 is 23.2 Å². The highest BCUT2D eigenvalue weighted by molar-refractivity contribution is 6.35. The highest BCUT2D eigenvalue weighted by atomic mass is 35.5. The summed E-state index contributed by atoms with van der Waals surface area (Å²) in [6.07, 6.45) is -1.17. The van der Waals surface area contributed by atoms with Crippen molar-refractivity contribution in [2.24, 2.45) is 0 Å². The van der Waals surface area contributed by atoms with Crippen molar-refractivity contribution in [1.29, 1.82) is 0 Å². The molecule has 0 spiro atoms. The summed E-state index contributed by atoms with van der Waals surface area (Å²) >= 11 is 11.7. The van der Waals surface area contributed by atoms with Crippen LogP contribution in [0.15, 0.2) is 36.4 Å².